The first kappa shape index (κ1) is 60.0. The summed E-state index contributed by atoms with van der Waals surface area (Å²) < 4.78 is 3.74. The van der Waals surface area contributed by atoms with Gasteiger partial charge in [0.15, 0.2) is 0 Å². The Kier molecular flexibility index (Phi) is 28.2. The van der Waals surface area contributed by atoms with Crippen LogP contribution in [-0.4, -0.2) is 54.4 Å². The molecule has 0 unspecified atom stereocenters. The number of pyridine rings is 3. The molecular formula is C57H87N11. The SMILES string of the molecule is CC(C)c1ccccn1.CC(C)c1ccn(C)n1.Cc1cc(C(C)C)nn1C.Cc1cccc(C(C)C)n1.Cc1cccnc1C(C)C.Cc1cnc(C(C)C)cn1.Cc1cncc(C(C)C)n1. The summed E-state index contributed by atoms with van der Waals surface area (Å²) in [6.07, 6.45) is 12.9. The van der Waals surface area contributed by atoms with Crippen LogP contribution in [0.15, 0.2) is 104 Å². The minimum atomic E-state index is 0.479. The molecule has 0 atom stereocenters. The topological polar surface area (TPSA) is 126 Å². The van der Waals surface area contributed by atoms with Crippen molar-refractivity contribution in [1.82, 2.24) is 54.4 Å². The zero-order valence-corrected chi connectivity index (χ0v) is 45.8. The summed E-state index contributed by atoms with van der Waals surface area (Å²) in [6.45, 7) is 40.0. The summed E-state index contributed by atoms with van der Waals surface area (Å²) in [5.74, 6) is 3.68. The molecule has 7 heterocycles. The standard InChI is InChI=1S/2C9H13N.C8H14N2.2C8H12N2.C8H11N.C7H12N2/c1-7(2)9-8(3)5-4-6-10-9;1-7(2)9-6-4-5-8(3)10-9;1-6(2)8-5-7(3)10(4)9-8;1-6(2)8-5-9-7(3)4-10-8;1-6(2)8-5-9-4-7(3)10-8;1-7(2)8-5-3-4-6-9-8;1-6(2)7-4-5-9(3)8-7/h2*4-7H,1-3H3;5-6H,1-4H3;2*4-6H,1-3H3;3-7H,1-2H3;4-6H,1-3H3. The Hall–Kier alpha value is -5.97. The molecule has 0 radical (unpaired) electrons. The number of rotatable bonds is 7. The highest BCUT2D eigenvalue weighted by Crippen LogP contribution is 2.16. The van der Waals surface area contributed by atoms with Crippen molar-refractivity contribution in [2.24, 2.45) is 14.1 Å². The van der Waals surface area contributed by atoms with Gasteiger partial charge in [0.2, 0.25) is 0 Å². The molecule has 7 rings (SSSR count). The second kappa shape index (κ2) is 31.9. The van der Waals surface area contributed by atoms with E-state index in [-0.39, 0.29) is 0 Å². The van der Waals surface area contributed by atoms with Crippen LogP contribution in [-0.2, 0) is 14.1 Å². The monoisotopic (exact) mass is 926 g/mol. The summed E-state index contributed by atoms with van der Waals surface area (Å²) in [5, 5.41) is 8.55. The number of hydrogen-bond donors (Lipinski definition) is 0. The first-order valence-electron chi connectivity index (χ1n) is 24.3. The number of nitrogens with zero attached hydrogens (tertiary/aromatic N) is 11. The zero-order valence-electron chi connectivity index (χ0n) is 45.8. The van der Waals surface area contributed by atoms with Gasteiger partial charge >= 0.3 is 0 Å². The average Bonchev–Trinajstić information content (AvgIpc) is 3.89. The van der Waals surface area contributed by atoms with Crippen molar-refractivity contribution >= 4 is 0 Å². The molecule has 0 aliphatic rings. The lowest BCUT2D eigenvalue weighted by atomic mass is 10.1. The quantitative estimate of drug-likeness (QED) is 0.154. The second-order valence-corrected chi connectivity index (χ2v) is 19.2. The molecule has 0 saturated heterocycles. The van der Waals surface area contributed by atoms with Gasteiger partial charge in [-0.2, -0.15) is 10.2 Å². The molecule has 68 heavy (non-hydrogen) atoms. The van der Waals surface area contributed by atoms with Gasteiger partial charge in [-0.1, -0.05) is 115 Å². The van der Waals surface area contributed by atoms with Gasteiger partial charge in [-0.05, 0) is 124 Å². The Morgan fingerprint density at radius 1 is 0.397 bits per heavy atom. The molecule has 370 valence electrons. The Morgan fingerprint density at radius 3 is 1.31 bits per heavy atom. The molecule has 0 aliphatic heterocycles. The predicted octanol–water partition coefficient (Wildman–Crippen LogP) is 14.4. The van der Waals surface area contributed by atoms with E-state index in [9.17, 15) is 0 Å². The van der Waals surface area contributed by atoms with Crippen LogP contribution in [0.3, 0.4) is 0 Å². The molecule has 11 heteroatoms. The van der Waals surface area contributed by atoms with E-state index in [1.807, 2.05) is 112 Å². The molecule has 7 aromatic heterocycles. The fourth-order valence-electron chi connectivity index (χ4n) is 5.78. The van der Waals surface area contributed by atoms with Crippen LogP contribution >= 0.6 is 0 Å². The lowest BCUT2D eigenvalue weighted by molar-refractivity contribution is 0.698. The van der Waals surface area contributed by atoms with E-state index in [4.69, 9.17) is 0 Å². The number of hydrogen-bond acceptors (Lipinski definition) is 9. The highest BCUT2D eigenvalue weighted by atomic mass is 15.3. The van der Waals surface area contributed by atoms with Crippen molar-refractivity contribution in [2.75, 3.05) is 0 Å². The average molecular weight is 926 g/mol. The molecule has 7 aromatic rings. The van der Waals surface area contributed by atoms with Crippen LogP contribution in [0.5, 0.6) is 0 Å². The largest absolute Gasteiger partial charge is 0.276 e. The molecule has 0 aliphatic carbocycles. The van der Waals surface area contributed by atoms with E-state index in [0.29, 0.717) is 41.4 Å². The Morgan fingerprint density at radius 2 is 0.971 bits per heavy atom. The normalized spacial score (nSPS) is 10.5. The fraction of sp³-hybridized carbons (Fsp3) is 0.491. The first-order chi connectivity index (χ1) is 31.9. The molecule has 0 bridgehead atoms. The molecule has 0 fully saturated rings. The van der Waals surface area contributed by atoms with Crippen molar-refractivity contribution in [1.29, 1.82) is 0 Å². The van der Waals surface area contributed by atoms with Gasteiger partial charge < -0.3 is 0 Å². The highest BCUT2D eigenvalue weighted by molar-refractivity contribution is 5.20. The van der Waals surface area contributed by atoms with Gasteiger partial charge in [-0.25, -0.2) is 0 Å². The summed E-state index contributed by atoms with van der Waals surface area (Å²) in [4.78, 5) is 29.5. The second-order valence-electron chi connectivity index (χ2n) is 19.2. The van der Waals surface area contributed by atoms with Crippen LogP contribution in [0.2, 0.25) is 0 Å². The third-order valence-electron chi connectivity index (χ3n) is 10.2. The molecule has 0 amide bonds. The first-order valence-corrected chi connectivity index (χ1v) is 24.3. The van der Waals surface area contributed by atoms with Gasteiger partial charge in [0, 0.05) is 85.9 Å². The molecule has 0 saturated carbocycles. The van der Waals surface area contributed by atoms with E-state index in [2.05, 4.69) is 180 Å². The molecule has 0 spiro atoms. The van der Waals surface area contributed by atoms with E-state index in [0.717, 1.165) is 39.9 Å². The van der Waals surface area contributed by atoms with Gasteiger partial charge in [-0.15, -0.1) is 0 Å². The zero-order chi connectivity index (χ0) is 51.5. The third kappa shape index (κ3) is 24.7. The minimum absolute atomic E-state index is 0.479. The number of aryl methyl sites for hydroxylation is 7. The summed E-state index contributed by atoms with van der Waals surface area (Å²) in [7, 11) is 3.91. The highest BCUT2D eigenvalue weighted by Gasteiger charge is 2.05. The Labute approximate surface area is 412 Å². The van der Waals surface area contributed by atoms with E-state index < -0.39 is 0 Å². The van der Waals surface area contributed by atoms with Crippen LogP contribution in [0.1, 0.15) is 207 Å². The van der Waals surface area contributed by atoms with Crippen molar-refractivity contribution < 1.29 is 0 Å². The maximum Gasteiger partial charge on any atom is 0.0652 e. The molecule has 0 N–H and O–H groups in total. The molecule has 0 aromatic carbocycles. The lowest BCUT2D eigenvalue weighted by Gasteiger charge is -2.05. The van der Waals surface area contributed by atoms with Crippen LogP contribution in [0, 0.1) is 34.6 Å². The summed E-state index contributed by atoms with van der Waals surface area (Å²) in [6, 6.07) is 20.4. The van der Waals surface area contributed by atoms with E-state index in [1.165, 1.54) is 28.3 Å². The smallest absolute Gasteiger partial charge is 0.0652 e. The third-order valence-corrected chi connectivity index (χ3v) is 10.2. The van der Waals surface area contributed by atoms with Gasteiger partial charge in [0.05, 0.1) is 34.2 Å². The Bertz CT molecular complexity index is 2300. The van der Waals surface area contributed by atoms with E-state index in [1.54, 1.807) is 12.4 Å². The van der Waals surface area contributed by atoms with E-state index >= 15 is 0 Å². The van der Waals surface area contributed by atoms with Crippen molar-refractivity contribution in [3.63, 3.8) is 0 Å². The molecular weight excluding hydrogens is 839 g/mol. The maximum atomic E-state index is 4.37. The van der Waals surface area contributed by atoms with Crippen LogP contribution < -0.4 is 0 Å². The van der Waals surface area contributed by atoms with Crippen molar-refractivity contribution in [3.05, 3.63) is 172 Å². The lowest BCUT2D eigenvalue weighted by Crippen LogP contribution is -1.94. The minimum Gasteiger partial charge on any atom is -0.276 e. The maximum absolute atomic E-state index is 4.37. The molecule has 11 nitrogen and oxygen atoms in total. The van der Waals surface area contributed by atoms with Crippen LogP contribution in [0.25, 0.3) is 0 Å². The summed E-state index contributed by atoms with van der Waals surface area (Å²) >= 11 is 0. The van der Waals surface area contributed by atoms with Crippen molar-refractivity contribution in [3.8, 4) is 0 Å². The van der Waals surface area contributed by atoms with Gasteiger partial charge in [-0.3, -0.25) is 44.3 Å². The van der Waals surface area contributed by atoms with Gasteiger partial charge in [0.1, 0.15) is 0 Å². The summed E-state index contributed by atoms with van der Waals surface area (Å²) in [5.41, 5.74) is 13.6. The van der Waals surface area contributed by atoms with Crippen molar-refractivity contribution in [2.45, 2.75) is 173 Å². The Balaban J connectivity index is 0.000000397. The predicted molar refractivity (Wildman–Crippen MR) is 285 cm³/mol. The van der Waals surface area contributed by atoms with Gasteiger partial charge in [0.25, 0.3) is 0 Å². The fourth-order valence-corrected chi connectivity index (χ4v) is 5.78. The van der Waals surface area contributed by atoms with Crippen LogP contribution in [0.4, 0.5) is 0 Å². The number of aromatic nitrogens is 11.